The zero-order valence-corrected chi connectivity index (χ0v) is 13.5. The molecule has 3 nitrogen and oxygen atoms in total. The van der Waals surface area contributed by atoms with E-state index in [-0.39, 0.29) is 0 Å². The summed E-state index contributed by atoms with van der Waals surface area (Å²) in [5.74, 6) is 0. The second kappa shape index (κ2) is 6.33. The Morgan fingerprint density at radius 2 is 2.20 bits per heavy atom. The van der Waals surface area contributed by atoms with E-state index in [4.69, 9.17) is 4.74 Å². The highest BCUT2D eigenvalue weighted by molar-refractivity contribution is 8.00. The molecule has 0 bridgehead atoms. The number of fused-ring (bicyclic) bond motifs is 1. The molecular formula is C15H20N2OS2. The fraction of sp³-hybridized carbons (Fsp3) is 0.533. The molecule has 0 aliphatic heterocycles. The monoisotopic (exact) mass is 308 g/mol. The van der Waals surface area contributed by atoms with E-state index in [0.717, 1.165) is 16.3 Å². The average Bonchev–Trinajstić information content (AvgIpc) is 2.90. The Hall–Kier alpha value is -0.780. The highest BCUT2D eigenvalue weighted by Crippen LogP contribution is 2.31. The van der Waals surface area contributed by atoms with Crippen LogP contribution in [0.3, 0.4) is 0 Å². The van der Waals surface area contributed by atoms with Gasteiger partial charge in [-0.25, -0.2) is 4.98 Å². The summed E-state index contributed by atoms with van der Waals surface area (Å²) in [5, 5.41) is 3.65. The molecule has 0 radical (unpaired) electrons. The molecule has 3 rings (SSSR count). The minimum atomic E-state index is 0.336. The van der Waals surface area contributed by atoms with Crippen LogP contribution in [0.4, 0.5) is 5.69 Å². The lowest BCUT2D eigenvalue weighted by atomic mass is 9.92. The molecule has 0 saturated heterocycles. The van der Waals surface area contributed by atoms with Gasteiger partial charge in [-0.3, -0.25) is 0 Å². The number of rotatable bonds is 4. The maximum absolute atomic E-state index is 5.61. The van der Waals surface area contributed by atoms with Crippen LogP contribution in [-0.4, -0.2) is 30.5 Å². The quantitative estimate of drug-likeness (QED) is 0.850. The van der Waals surface area contributed by atoms with Gasteiger partial charge in [-0.1, -0.05) is 24.6 Å². The number of anilines is 1. The molecule has 108 valence electrons. The maximum atomic E-state index is 5.61. The number of methoxy groups -OCH3 is 1. The van der Waals surface area contributed by atoms with Crippen molar-refractivity contribution in [1.82, 2.24) is 4.98 Å². The largest absolute Gasteiger partial charge is 0.380 e. The van der Waals surface area contributed by atoms with E-state index >= 15 is 0 Å². The van der Waals surface area contributed by atoms with Gasteiger partial charge < -0.3 is 10.1 Å². The van der Waals surface area contributed by atoms with E-state index in [0.29, 0.717) is 12.1 Å². The van der Waals surface area contributed by atoms with Crippen LogP contribution in [0, 0.1) is 0 Å². The molecule has 1 aromatic heterocycles. The van der Waals surface area contributed by atoms with E-state index in [1.165, 1.54) is 29.6 Å². The number of hydrogen-bond donors (Lipinski definition) is 1. The topological polar surface area (TPSA) is 34.1 Å². The van der Waals surface area contributed by atoms with Crippen LogP contribution in [0.5, 0.6) is 0 Å². The van der Waals surface area contributed by atoms with Gasteiger partial charge in [-0.05, 0) is 37.3 Å². The van der Waals surface area contributed by atoms with Crippen LogP contribution in [0.25, 0.3) is 10.2 Å². The van der Waals surface area contributed by atoms with E-state index in [1.54, 1.807) is 23.1 Å². The lowest BCUT2D eigenvalue weighted by molar-refractivity contribution is 0.0606. The first-order valence-electron chi connectivity index (χ1n) is 7.04. The molecule has 5 heteroatoms. The molecule has 1 aliphatic rings. The van der Waals surface area contributed by atoms with Gasteiger partial charge >= 0.3 is 0 Å². The molecule has 1 saturated carbocycles. The summed E-state index contributed by atoms with van der Waals surface area (Å²) in [6.07, 6.45) is 7.33. The average molecular weight is 308 g/mol. The molecule has 0 amide bonds. The van der Waals surface area contributed by atoms with Gasteiger partial charge in [0.05, 0.1) is 22.4 Å². The minimum Gasteiger partial charge on any atom is -0.380 e. The van der Waals surface area contributed by atoms with Gasteiger partial charge in [0.2, 0.25) is 0 Å². The Kier molecular flexibility index (Phi) is 4.48. The molecule has 2 aromatic rings. The highest BCUT2D eigenvalue weighted by Gasteiger charge is 2.24. The Balaban J connectivity index is 1.79. The second-order valence-corrected chi connectivity index (χ2v) is 7.26. The lowest BCUT2D eigenvalue weighted by Gasteiger charge is -2.31. The number of benzene rings is 1. The fourth-order valence-corrected chi connectivity index (χ4v) is 4.37. The third kappa shape index (κ3) is 2.95. The first kappa shape index (κ1) is 14.2. The van der Waals surface area contributed by atoms with Crippen LogP contribution in [0.1, 0.15) is 25.7 Å². The first-order valence-corrected chi connectivity index (χ1v) is 9.08. The summed E-state index contributed by atoms with van der Waals surface area (Å²) in [6.45, 7) is 0. The van der Waals surface area contributed by atoms with Crippen molar-refractivity contribution < 1.29 is 4.74 Å². The SMILES string of the molecule is COC1CCCCC1Nc1ccc2nc(SC)sc2c1. The molecule has 2 unspecified atom stereocenters. The van der Waals surface area contributed by atoms with Crippen LogP contribution < -0.4 is 5.32 Å². The number of thiazole rings is 1. The summed E-state index contributed by atoms with van der Waals surface area (Å²) in [6, 6.07) is 6.89. The molecule has 1 aromatic carbocycles. The van der Waals surface area contributed by atoms with Crippen molar-refractivity contribution in [3.8, 4) is 0 Å². The van der Waals surface area contributed by atoms with Gasteiger partial charge in [0, 0.05) is 12.8 Å². The number of nitrogens with zero attached hydrogens (tertiary/aromatic N) is 1. The minimum absolute atomic E-state index is 0.336. The third-order valence-electron chi connectivity index (χ3n) is 3.90. The van der Waals surface area contributed by atoms with Gasteiger partial charge in [0.1, 0.15) is 0 Å². The zero-order valence-electron chi connectivity index (χ0n) is 11.9. The summed E-state index contributed by atoms with van der Waals surface area (Å²) in [7, 11) is 1.82. The van der Waals surface area contributed by atoms with Crippen LogP contribution in [0.15, 0.2) is 22.5 Å². The van der Waals surface area contributed by atoms with Crippen molar-refractivity contribution in [1.29, 1.82) is 0 Å². The predicted octanol–water partition coefficient (Wildman–Crippen LogP) is 4.39. The van der Waals surface area contributed by atoms with Gasteiger partial charge in [-0.2, -0.15) is 0 Å². The van der Waals surface area contributed by atoms with Crippen molar-refractivity contribution in [3.05, 3.63) is 18.2 Å². The Morgan fingerprint density at radius 1 is 1.35 bits per heavy atom. The van der Waals surface area contributed by atoms with Crippen LogP contribution >= 0.6 is 23.1 Å². The van der Waals surface area contributed by atoms with Gasteiger partial charge in [-0.15, -0.1) is 11.3 Å². The number of ether oxygens (including phenoxy) is 1. The van der Waals surface area contributed by atoms with Crippen LogP contribution in [0.2, 0.25) is 0 Å². The summed E-state index contributed by atoms with van der Waals surface area (Å²) >= 11 is 3.47. The van der Waals surface area contributed by atoms with Crippen molar-refractivity contribution in [2.24, 2.45) is 0 Å². The molecule has 1 heterocycles. The van der Waals surface area contributed by atoms with Gasteiger partial charge in [0.15, 0.2) is 4.34 Å². The maximum Gasteiger partial charge on any atom is 0.150 e. The van der Waals surface area contributed by atoms with Crippen molar-refractivity contribution >= 4 is 39.0 Å². The summed E-state index contributed by atoms with van der Waals surface area (Å²) in [4.78, 5) is 4.58. The molecule has 1 N–H and O–H groups in total. The Labute approximate surface area is 128 Å². The number of thioether (sulfide) groups is 1. The number of nitrogens with one attached hydrogen (secondary N) is 1. The summed E-state index contributed by atoms with van der Waals surface area (Å²) in [5.41, 5.74) is 2.28. The highest BCUT2D eigenvalue weighted by atomic mass is 32.2. The van der Waals surface area contributed by atoms with Gasteiger partial charge in [0.25, 0.3) is 0 Å². The number of hydrogen-bond acceptors (Lipinski definition) is 5. The predicted molar refractivity (Wildman–Crippen MR) is 88.1 cm³/mol. The molecular weight excluding hydrogens is 288 g/mol. The molecule has 1 aliphatic carbocycles. The second-order valence-electron chi connectivity index (χ2n) is 5.18. The molecule has 2 atom stereocenters. The Morgan fingerprint density at radius 3 is 3.00 bits per heavy atom. The van der Waals surface area contributed by atoms with Crippen molar-refractivity contribution in [3.63, 3.8) is 0 Å². The van der Waals surface area contributed by atoms with E-state index in [9.17, 15) is 0 Å². The smallest absolute Gasteiger partial charge is 0.150 e. The van der Waals surface area contributed by atoms with Crippen molar-refractivity contribution in [2.75, 3.05) is 18.7 Å². The van der Waals surface area contributed by atoms with Crippen molar-refractivity contribution in [2.45, 2.75) is 42.2 Å². The summed E-state index contributed by atoms with van der Waals surface area (Å²) < 4.78 is 7.99. The normalized spacial score (nSPS) is 23.1. The Bertz CT molecular complexity index is 584. The fourth-order valence-electron chi connectivity index (χ4n) is 2.84. The first-order chi connectivity index (χ1) is 9.80. The van der Waals surface area contributed by atoms with E-state index in [1.807, 2.05) is 7.11 Å². The molecule has 0 spiro atoms. The van der Waals surface area contributed by atoms with Crippen LogP contribution in [-0.2, 0) is 4.74 Å². The number of aromatic nitrogens is 1. The lowest BCUT2D eigenvalue weighted by Crippen LogP contribution is -2.37. The molecule has 1 fully saturated rings. The van der Waals surface area contributed by atoms with E-state index < -0.39 is 0 Å². The standard InChI is InChI=1S/C15H20N2OS2/c1-18-13-6-4-3-5-11(13)16-10-7-8-12-14(9-10)20-15(17-12)19-2/h7-9,11,13,16H,3-6H2,1-2H3. The zero-order chi connectivity index (χ0) is 13.9. The van der Waals surface area contributed by atoms with E-state index in [2.05, 4.69) is 34.8 Å². The molecule has 20 heavy (non-hydrogen) atoms. The third-order valence-corrected chi connectivity index (χ3v) is 5.90.